The van der Waals surface area contributed by atoms with E-state index in [2.05, 4.69) is 40.7 Å². The van der Waals surface area contributed by atoms with Gasteiger partial charge in [-0.3, -0.25) is 9.78 Å². The summed E-state index contributed by atoms with van der Waals surface area (Å²) in [4.78, 5) is 16.8. The lowest BCUT2D eigenvalue weighted by atomic mass is 10.1. The zero-order valence-electron chi connectivity index (χ0n) is 16.2. The van der Waals surface area contributed by atoms with Crippen LogP contribution in [0.25, 0.3) is 0 Å². The highest BCUT2D eigenvalue weighted by Crippen LogP contribution is 2.30. The van der Waals surface area contributed by atoms with E-state index in [0.717, 1.165) is 5.69 Å². The number of carbonyl (C=O) groups excluding carboxylic acids is 1. The van der Waals surface area contributed by atoms with Crippen molar-refractivity contribution >= 4 is 17.3 Å². The van der Waals surface area contributed by atoms with E-state index in [0.29, 0.717) is 29.3 Å². The Morgan fingerprint density at radius 2 is 1.79 bits per heavy atom. The first kappa shape index (κ1) is 19.2. The lowest BCUT2D eigenvalue weighted by Gasteiger charge is -2.11. The van der Waals surface area contributed by atoms with Crippen molar-refractivity contribution in [3.05, 3.63) is 77.6 Å². The van der Waals surface area contributed by atoms with Crippen molar-refractivity contribution in [2.24, 2.45) is 0 Å². The molecule has 1 amide bonds. The largest absolute Gasteiger partial charge is 0.493 e. The average molecular weight is 377 g/mol. The second-order valence-corrected chi connectivity index (χ2v) is 6.33. The first-order chi connectivity index (χ1) is 13.6. The molecular formula is C22H23N3O3. The number of hydrogen-bond donors (Lipinski definition) is 2. The minimum absolute atomic E-state index is 0.251. The second-order valence-electron chi connectivity index (χ2n) is 6.33. The Kier molecular flexibility index (Phi) is 6.11. The predicted molar refractivity (Wildman–Crippen MR) is 110 cm³/mol. The molecule has 0 atom stereocenters. The molecule has 0 fully saturated rings. The number of anilines is 2. The Bertz CT molecular complexity index is 973. The fourth-order valence-electron chi connectivity index (χ4n) is 2.80. The summed E-state index contributed by atoms with van der Waals surface area (Å²) < 4.78 is 10.5. The molecule has 6 nitrogen and oxygen atoms in total. The van der Waals surface area contributed by atoms with Gasteiger partial charge < -0.3 is 20.1 Å². The molecule has 0 bridgehead atoms. The van der Waals surface area contributed by atoms with Gasteiger partial charge in [0.2, 0.25) is 0 Å². The number of aromatic nitrogens is 1. The number of amides is 1. The Morgan fingerprint density at radius 3 is 2.54 bits per heavy atom. The summed E-state index contributed by atoms with van der Waals surface area (Å²) >= 11 is 0. The van der Waals surface area contributed by atoms with Gasteiger partial charge in [-0.15, -0.1) is 0 Å². The number of benzene rings is 2. The number of aryl methyl sites for hydroxylation is 1. The van der Waals surface area contributed by atoms with Gasteiger partial charge in [-0.05, 0) is 30.7 Å². The molecule has 1 aromatic heterocycles. The van der Waals surface area contributed by atoms with Crippen LogP contribution in [0.5, 0.6) is 11.5 Å². The Hall–Kier alpha value is -3.54. The molecule has 0 aliphatic heterocycles. The van der Waals surface area contributed by atoms with E-state index in [4.69, 9.17) is 9.47 Å². The molecular weight excluding hydrogens is 354 g/mol. The van der Waals surface area contributed by atoms with Crippen LogP contribution in [-0.2, 0) is 6.54 Å². The van der Waals surface area contributed by atoms with E-state index in [1.165, 1.54) is 17.3 Å². The number of carbonyl (C=O) groups is 1. The predicted octanol–water partition coefficient (Wildman–Crippen LogP) is 4.27. The number of methoxy groups -OCH3 is 2. The van der Waals surface area contributed by atoms with Crippen LogP contribution in [0.15, 0.2) is 60.9 Å². The van der Waals surface area contributed by atoms with Gasteiger partial charge in [0.15, 0.2) is 11.5 Å². The van der Waals surface area contributed by atoms with E-state index >= 15 is 0 Å². The monoisotopic (exact) mass is 377 g/mol. The molecule has 0 spiro atoms. The van der Waals surface area contributed by atoms with Crippen LogP contribution in [0.2, 0.25) is 0 Å². The zero-order valence-corrected chi connectivity index (χ0v) is 16.2. The van der Waals surface area contributed by atoms with E-state index < -0.39 is 0 Å². The van der Waals surface area contributed by atoms with Crippen LogP contribution in [0, 0.1) is 6.92 Å². The molecule has 6 heteroatoms. The van der Waals surface area contributed by atoms with Crippen molar-refractivity contribution in [1.82, 2.24) is 4.98 Å². The highest BCUT2D eigenvalue weighted by Gasteiger charge is 2.10. The summed E-state index contributed by atoms with van der Waals surface area (Å²) in [5.41, 5.74) is 4.23. The summed E-state index contributed by atoms with van der Waals surface area (Å²) in [7, 11) is 3.12. The summed E-state index contributed by atoms with van der Waals surface area (Å²) in [6, 6.07) is 15.2. The zero-order chi connectivity index (χ0) is 19.9. The lowest BCUT2D eigenvalue weighted by molar-refractivity contribution is 0.102. The van der Waals surface area contributed by atoms with E-state index in [-0.39, 0.29) is 5.91 Å². The standard InChI is InChI=1S/C22H23N3O3/c1-15-5-4-6-16(9-15)12-24-19-10-17(13-23-14-19)22(26)25-18-7-8-20(27-2)21(11-18)28-3/h4-11,13-14,24H,12H2,1-3H3,(H,25,26). The van der Waals surface area contributed by atoms with Gasteiger partial charge in [-0.1, -0.05) is 29.8 Å². The van der Waals surface area contributed by atoms with Crippen molar-refractivity contribution in [2.75, 3.05) is 24.9 Å². The molecule has 1 heterocycles. The van der Waals surface area contributed by atoms with Crippen LogP contribution in [0.1, 0.15) is 21.5 Å². The maximum Gasteiger partial charge on any atom is 0.257 e. The van der Waals surface area contributed by atoms with Crippen LogP contribution in [0.3, 0.4) is 0 Å². The molecule has 0 aliphatic rings. The quantitative estimate of drug-likeness (QED) is 0.643. The fourth-order valence-corrected chi connectivity index (χ4v) is 2.80. The minimum atomic E-state index is -0.251. The summed E-state index contributed by atoms with van der Waals surface area (Å²) in [5, 5.41) is 6.15. The normalized spacial score (nSPS) is 10.2. The average Bonchev–Trinajstić information content (AvgIpc) is 2.72. The smallest absolute Gasteiger partial charge is 0.257 e. The van der Waals surface area contributed by atoms with Gasteiger partial charge in [0, 0.05) is 30.7 Å². The van der Waals surface area contributed by atoms with Crippen LogP contribution in [0.4, 0.5) is 11.4 Å². The van der Waals surface area contributed by atoms with Gasteiger partial charge >= 0.3 is 0 Å². The van der Waals surface area contributed by atoms with Crippen molar-refractivity contribution in [3.63, 3.8) is 0 Å². The van der Waals surface area contributed by atoms with Gasteiger partial charge in [0.25, 0.3) is 5.91 Å². The number of nitrogens with one attached hydrogen (secondary N) is 2. The van der Waals surface area contributed by atoms with Crippen LogP contribution >= 0.6 is 0 Å². The molecule has 2 aromatic carbocycles. The molecule has 2 N–H and O–H groups in total. The van der Waals surface area contributed by atoms with Crippen LogP contribution in [-0.4, -0.2) is 25.1 Å². The SMILES string of the molecule is COc1ccc(NC(=O)c2cncc(NCc3cccc(C)c3)c2)cc1OC. The summed E-state index contributed by atoms with van der Waals surface area (Å²) in [5.74, 6) is 0.899. The molecule has 0 aliphatic carbocycles. The molecule has 144 valence electrons. The summed E-state index contributed by atoms with van der Waals surface area (Å²) in [6.07, 6.45) is 3.23. The van der Waals surface area contributed by atoms with Crippen molar-refractivity contribution < 1.29 is 14.3 Å². The maximum absolute atomic E-state index is 12.6. The molecule has 0 unspecified atom stereocenters. The third kappa shape index (κ3) is 4.79. The molecule has 3 aromatic rings. The highest BCUT2D eigenvalue weighted by molar-refractivity contribution is 6.04. The molecule has 28 heavy (non-hydrogen) atoms. The van der Waals surface area contributed by atoms with Crippen molar-refractivity contribution in [2.45, 2.75) is 13.5 Å². The molecule has 0 saturated heterocycles. The number of ether oxygens (including phenoxy) is 2. The maximum atomic E-state index is 12.6. The van der Waals surface area contributed by atoms with E-state index in [1.807, 2.05) is 6.07 Å². The fraction of sp³-hybridized carbons (Fsp3) is 0.182. The number of rotatable bonds is 7. The third-order valence-corrected chi connectivity index (χ3v) is 4.22. The van der Waals surface area contributed by atoms with E-state index in [9.17, 15) is 4.79 Å². The number of nitrogens with zero attached hydrogens (tertiary/aromatic N) is 1. The summed E-state index contributed by atoms with van der Waals surface area (Å²) in [6.45, 7) is 2.72. The van der Waals surface area contributed by atoms with Gasteiger partial charge in [0.1, 0.15) is 0 Å². The van der Waals surface area contributed by atoms with Gasteiger partial charge in [-0.25, -0.2) is 0 Å². The minimum Gasteiger partial charge on any atom is -0.493 e. The van der Waals surface area contributed by atoms with Crippen molar-refractivity contribution in [3.8, 4) is 11.5 Å². The Labute approximate surface area is 164 Å². The van der Waals surface area contributed by atoms with Gasteiger partial charge in [-0.2, -0.15) is 0 Å². The van der Waals surface area contributed by atoms with Gasteiger partial charge in [0.05, 0.1) is 25.5 Å². The van der Waals surface area contributed by atoms with Crippen LogP contribution < -0.4 is 20.1 Å². The Morgan fingerprint density at radius 1 is 0.964 bits per heavy atom. The molecule has 3 rings (SSSR count). The van der Waals surface area contributed by atoms with Crippen molar-refractivity contribution in [1.29, 1.82) is 0 Å². The highest BCUT2D eigenvalue weighted by atomic mass is 16.5. The first-order valence-electron chi connectivity index (χ1n) is 8.87. The number of pyridine rings is 1. The Balaban J connectivity index is 1.68. The topological polar surface area (TPSA) is 72.5 Å². The third-order valence-electron chi connectivity index (χ3n) is 4.22. The van der Waals surface area contributed by atoms with E-state index in [1.54, 1.807) is 44.7 Å². The molecule has 0 radical (unpaired) electrons. The lowest BCUT2D eigenvalue weighted by Crippen LogP contribution is -2.13. The second kappa shape index (κ2) is 8.90. The first-order valence-corrected chi connectivity index (χ1v) is 8.87. The number of hydrogen-bond acceptors (Lipinski definition) is 5. The molecule has 0 saturated carbocycles.